The normalized spacial score (nSPS) is 12.8. The Morgan fingerprint density at radius 3 is 2.38 bits per heavy atom. The predicted molar refractivity (Wildman–Crippen MR) is 82.4 cm³/mol. The van der Waals surface area contributed by atoms with Crippen molar-refractivity contribution in [3.05, 3.63) is 29.8 Å². The average Bonchev–Trinajstić information content (AvgIpc) is 2.39. The van der Waals surface area contributed by atoms with E-state index in [-0.39, 0.29) is 18.4 Å². The molecule has 4 nitrogen and oxygen atoms in total. The summed E-state index contributed by atoms with van der Waals surface area (Å²) in [4.78, 5) is 11.4. The quantitative estimate of drug-likeness (QED) is 0.786. The standard InChI is InChI=1S/C17H26O4/c1-5-20-16(19)15(18)12-13-6-8-14(9-7-13)21-11-10-17(2,3)4/h6-9,15,18H,5,10-12H2,1-4H3. The highest BCUT2D eigenvalue weighted by atomic mass is 16.5. The maximum absolute atomic E-state index is 11.4. The van der Waals surface area contributed by atoms with Crippen LogP contribution in [0.4, 0.5) is 0 Å². The fraction of sp³-hybridized carbons (Fsp3) is 0.588. The summed E-state index contributed by atoms with van der Waals surface area (Å²) in [5, 5.41) is 9.70. The number of carbonyl (C=O) groups is 1. The van der Waals surface area contributed by atoms with Gasteiger partial charge in [0.1, 0.15) is 5.75 Å². The first-order chi connectivity index (χ1) is 9.81. The van der Waals surface area contributed by atoms with Crippen LogP contribution in [0.2, 0.25) is 0 Å². The van der Waals surface area contributed by atoms with Gasteiger partial charge in [0.25, 0.3) is 0 Å². The van der Waals surface area contributed by atoms with Gasteiger partial charge in [0.05, 0.1) is 13.2 Å². The zero-order chi connectivity index (χ0) is 15.9. The first-order valence-corrected chi connectivity index (χ1v) is 7.38. The predicted octanol–water partition coefficient (Wildman–Crippen LogP) is 2.97. The summed E-state index contributed by atoms with van der Waals surface area (Å²) in [5.74, 6) is 0.219. The number of esters is 1. The molecule has 1 aromatic carbocycles. The number of hydrogen-bond acceptors (Lipinski definition) is 4. The van der Waals surface area contributed by atoms with Crippen LogP contribution in [0, 0.1) is 5.41 Å². The van der Waals surface area contributed by atoms with Gasteiger partial charge in [0.2, 0.25) is 0 Å². The second-order valence-corrected chi connectivity index (χ2v) is 6.28. The van der Waals surface area contributed by atoms with Gasteiger partial charge in [0, 0.05) is 6.42 Å². The SMILES string of the molecule is CCOC(=O)C(O)Cc1ccc(OCCC(C)(C)C)cc1. The van der Waals surface area contributed by atoms with Gasteiger partial charge in [0.15, 0.2) is 6.10 Å². The third kappa shape index (κ3) is 7.14. The molecule has 0 spiro atoms. The molecule has 118 valence electrons. The van der Waals surface area contributed by atoms with Crippen LogP contribution in [-0.2, 0) is 16.0 Å². The average molecular weight is 294 g/mol. The fourth-order valence-electron chi connectivity index (χ4n) is 1.74. The highest BCUT2D eigenvalue weighted by Gasteiger charge is 2.16. The van der Waals surface area contributed by atoms with Crippen LogP contribution in [0.3, 0.4) is 0 Å². The lowest BCUT2D eigenvalue weighted by atomic mass is 9.93. The molecule has 0 amide bonds. The Morgan fingerprint density at radius 2 is 1.86 bits per heavy atom. The molecular weight excluding hydrogens is 268 g/mol. The van der Waals surface area contributed by atoms with Crippen LogP contribution in [0.15, 0.2) is 24.3 Å². The maximum atomic E-state index is 11.4. The van der Waals surface area contributed by atoms with Crippen molar-refractivity contribution in [3.8, 4) is 5.75 Å². The smallest absolute Gasteiger partial charge is 0.335 e. The Balaban J connectivity index is 2.45. The van der Waals surface area contributed by atoms with E-state index in [0.29, 0.717) is 6.61 Å². The van der Waals surface area contributed by atoms with E-state index >= 15 is 0 Å². The van der Waals surface area contributed by atoms with E-state index in [0.717, 1.165) is 17.7 Å². The van der Waals surface area contributed by atoms with E-state index in [2.05, 4.69) is 20.8 Å². The number of rotatable bonds is 7. The summed E-state index contributed by atoms with van der Waals surface area (Å²) in [6, 6.07) is 7.43. The van der Waals surface area contributed by atoms with Gasteiger partial charge < -0.3 is 14.6 Å². The molecular formula is C17H26O4. The van der Waals surface area contributed by atoms with Crippen molar-refractivity contribution in [1.82, 2.24) is 0 Å². The molecule has 0 aliphatic heterocycles. The molecule has 0 bridgehead atoms. The molecule has 0 heterocycles. The minimum absolute atomic E-state index is 0.251. The Hall–Kier alpha value is -1.55. The Kier molecular flexibility index (Phi) is 6.69. The third-order valence-corrected chi connectivity index (χ3v) is 3.03. The number of ether oxygens (including phenoxy) is 2. The van der Waals surface area contributed by atoms with Gasteiger partial charge in [-0.1, -0.05) is 32.9 Å². The van der Waals surface area contributed by atoms with Gasteiger partial charge >= 0.3 is 5.97 Å². The summed E-state index contributed by atoms with van der Waals surface area (Å²) in [6.07, 6.45) is 0.120. The molecule has 1 rings (SSSR count). The topological polar surface area (TPSA) is 55.8 Å². The molecule has 0 saturated heterocycles. The zero-order valence-corrected chi connectivity index (χ0v) is 13.4. The van der Waals surface area contributed by atoms with Gasteiger partial charge in [-0.3, -0.25) is 0 Å². The number of benzene rings is 1. The lowest BCUT2D eigenvalue weighted by Crippen LogP contribution is -2.25. The highest BCUT2D eigenvalue weighted by molar-refractivity contribution is 5.74. The largest absolute Gasteiger partial charge is 0.494 e. The van der Waals surface area contributed by atoms with Crippen LogP contribution < -0.4 is 4.74 Å². The van der Waals surface area contributed by atoms with E-state index in [4.69, 9.17) is 9.47 Å². The molecule has 0 aliphatic rings. The molecule has 1 aromatic rings. The highest BCUT2D eigenvalue weighted by Crippen LogP contribution is 2.20. The molecule has 1 N–H and O–H groups in total. The van der Waals surface area contributed by atoms with Crippen molar-refractivity contribution in [1.29, 1.82) is 0 Å². The van der Waals surface area contributed by atoms with Gasteiger partial charge in [-0.05, 0) is 36.5 Å². The summed E-state index contributed by atoms with van der Waals surface area (Å²) >= 11 is 0. The van der Waals surface area contributed by atoms with Crippen molar-refractivity contribution >= 4 is 5.97 Å². The molecule has 0 saturated carbocycles. The van der Waals surface area contributed by atoms with Gasteiger partial charge in [-0.15, -0.1) is 0 Å². The number of aliphatic hydroxyl groups excluding tert-OH is 1. The van der Waals surface area contributed by atoms with Crippen molar-refractivity contribution in [2.75, 3.05) is 13.2 Å². The lowest BCUT2D eigenvalue weighted by Gasteiger charge is -2.18. The van der Waals surface area contributed by atoms with E-state index < -0.39 is 12.1 Å². The van der Waals surface area contributed by atoms with Crippen LogP contribution in [0.1, 0.15) is 39.7 Å². The second kappa shape index (κ2) is 8.03. The summed E-state index contributed by atoms with van der Waals surface area (Å²) in [6.45, 7) is 9.20. The molecule has 21 heavy (non-hydrogen) atoms. The fourth-order valence-corrected chi connectivity index (χ4v) is 1.74. The maximum Gasteiger partial charge on any atom is 0.335 e. The lowest BCUT2D eigenvalue weighted by molar-refractivity contribution is -0.152. The Morgan fingerprint density at radius 1 is 1.24 bits per heavy atom. The van der Waals surface area contributed by atoms with Crippen LogP contribution in [0.5, 0.6) is 5.75 Å². The number of hydrogen-bond donors (Lipinski definition) is 1. The number of aliphatic hydroxyl groups is 1. The molecule has 1 atom stereocenters. The van der Waals surface area contributed by atoms with Crippen molar-refractivity contribution in [3.63, 3.8) is 0 Å². The molecule has 4 heteroatoms. The van der Waals surface area contributed by atoms with E-state index in [1.807, 2.05) is 24.3 Å². The minimum Gasteiger partial charge on any atom is -0.494 e. The van der Waals surface area contributed by atoms with Crippen LogP contribution >= 0.6 is 0 Å². The van der Waals surface area contributed by atoms with Crippen molar-refractivity contribution < 1.29 is 19.4 Å². The molecule has 1 unspecified atom stereocenters. The minimum atomic E-state index is -1.11. The Labute approximate surface area is 127 Å². The van der Waals surface area contributed by atoms with E-state index in [1.165, 1.54) is 0 Å². The number of carbonyl (C=O) groups excluding carboxylic acids is 1. The van der Waals surface area contributed by atoms with E-state index in [1.54, 1.807) is 6.92 Å². The monoisotopic (exact) mass is 294 g/mol. The first kappa shape index (κ1) is 17.5. The Bertz CT molecular complexity index is 431. The zero-order valence-electron chi connectivity index (χ0n) is 13.4. The summed E-state index contributed by atoms with van der Waals surface area (Å²) < 4.78 is 10.4. The second-order valence-electron chi connectivity index (χ2n) is 6.28. The molecule has 0 radical (unpaired) electrons. The first-order valence-electron chi connectivity index (χ1n) is 7.38. The van der Waals surface area contributed by atoms with Gasteiger partial charge in [-0.2, -0.15) is 0 Å². The van der Waals surface area contributed by atoms with Crippen LogP contribution in [0.25, 0.3) is 0 Å². The van der Waals surface area contributed by atoms with E-state index in [9.17, 15) is 9.90 Å². The van der Waals surface area contributed by atoms with Crippen molar-refractivity contribution in [2.24, 2.45) is 5.41 Å². The van der Waals surface area contributed by atoms with Gasteiger partial charge in [-0.25, -0.2) is 4.79 Å². The van der Waals surface area contributed by atoms with Crippen molar-refractivity contribution in [2.45, 2.75) is 46.6 Å². The van der Waals surface area contributed by atoms with Crippen LogP contribution in [-0.4, -0.2) is 30.4 Å². The molecule has 0 aromatic heterocycles. The molecule has 0 aliphatic carbocycles. The summed E-state index contributed by atoms with van der Waals surface area (Å²) in [5.41, 5.74) is 1.13. The third-order valence-electron chi connectivity index (χ3n) is 3.03. The summed E-state index contributed by atoms with van der Waals surface area (Å²) in [7, 11) is 0. The molecule has 0 fully saturated rings.